The quantitative estimate of drug-likeness (QED) is 0.645. The maximum Gasteiger partial charge on any atom is 0.311 e. The van der Waals surface area contributed by atoms with Crippen LogP contribution in [0.15, 0.2) is 12.1 Å². The van der Waals surface area contributed by atoms with Crippen LogP contribution in [0.1, 0.15) is 27.7 Å². The summed E-state index contributed by atoms with van der Waals surface area (Å²) in [6.07, 6.45) is 0. The highest BCUT2D eigenvalue weighted by molar-refractivity contribution is 5.62. The number of aromatic nitrogens is 1. The number of pyridine rings is 1. The van der Waals surface area contributed by atoms with E-state index >= 15 is 0 Å². The molecule has 0 unspecified atom stereocenters. The van der Waals surface area contributed by atoms with E-state index in [0.717, 1.165) is 0 Å². The highest BCUT2D eigenvalue weighted by Gasteiger charge is 2.65. The molecule has 1 aliphatic rings. The predicted molar refractivity (Wildman–Crippen MR) is 75.4 cm³/mol. The van der Waals surface area contributed by atoms with Crippen molar-refractivity contribution < 1.29 is 4.92 Å². The summed E-state index contributed by atoms with van der Waals surface area (Å²) in [5.74, 6) is 0.949. The first-order chi connectivity index (χ1) is 8.71. The molecule has 19 heavy (non-hydrogen) atoms. The van der Waals surface area contributed by atoms with Gasteiger partial charge in [-0.15, -0.1) is 0 Å². The average Bonchev–Trinajstić information content (AvgIpc) is 2.71. The predicted octanol–water partition coefficient (Wildman–Crippen LogP) is 2.88. The molecule has 0 aliphatic heterocycles. The van der Waals surface area contributed by atoms with Crippen LogP contribution in [0.2, 0.25) is 0 Å². The van der Waals surface area contributed by atoms with E-state index in [1.165, 1.54) is 6.07 Å². The zero-order valence-corrected chi connectivity index (χ0v) is 11.9. The van der Waals surface area contributed by atoms with E-state index in [2.05, 4.69) is 43.3 Å². The molecule has 6 heteroatoms. The molecule has 0 atom stereocenters. The monoisotopic (exact) mass is 264 g/mol. The zero-order chi connectivity index (χ0) is 14.4. The van der Waals surface area contributed by atoms with Crippen LogP contribution in [0.4, 0.5) is 17.3 Å². The van der Waals surface area contributed by atoms with E-state index in [9.17, 15) is 10.1 Å². The maximum absolute atomic E-state index is 11.1. The van der Waals surface area contributed by atoms with Crippen molar-refractivity contribution in [2.75, 3.05) is 17.7 Å². The van der Waals surface area contributed by atoms with Gasteiger partial charge in [0.1, 0.15) is 5.82 Å². The molecule has 1 saturated carbocycles. The lowest BCUT2D eigenvalue weighted by Crippen LogP contribution is -2.13. The average molecular weight is 264 g/mol. The topological polar surface area (TPSA) is 80.1 Å². The Bertz CT molecular complexity index is 511. The van der Waals surface area contributed by atoms with Gasteiger partial charge in [-0.3, -0.25) is 10.1 Å². The maximum atomic E-state index is 11.1. The molecular formula is C13H20N4O2. The van der Waals surface area contributed by atoms with Gasteiger partial charge < -0.3 is 10.6 Å². The SMILES string of the molecule is CNc1ccc([N+](=O)[O-])c(NC2C(C)(C)C2(C)C)n1. The fraction of sp³-hybridized carbons (Fsp3) is 0.615. The van der Waals surface area contributed by atoms with Gasteiger partial charge in [0.25, 0.3) is 0 Å². The number of anilines is 2. The zero-order valence-electron chi connectivity index (χ0n) is 11.9. The summed E-state index contributed by atoms with van der Waals surface area (Å²) in [6, 6.07) is 3.26. The summed E-state index contributed by atoms with van der Waals surface area (Å²) < 4.78 is 0. The van der Waals surface area contributed by atoms with Gasteiger partial charge in [0.05, 0.1) is 4.92 Å². The molecule has 0 radical (unpaired) electrons. The van der Waals surface area contributed by atoms with Gasteiger partial charge in [-0.05, 0) is 16.9 Å². The van der Waals surface area contributed by atoms with E-state index < -0.39 is 4.92 Å². The molecule has 1 aliphatic carbocycles. The minimum absolute atomic E-state index is 0.0116. The third kappa shape index (κ3) is 2.01. The molecule has 1 heterocycles. The molecule has 0 bridgehead atoms. The number of nitrogens with one attached hydrogen (secondary N) is 2. The second-order valence-corrected chi connectivity index (χ2v) is 6.09. The number of hydrogen-bond acceptors (Lipinski definition) is 5. The Labute approximate surface area is 112 Å². The molecule has 2 rings (SSSR count). The van der Waals surface area contributed by atoms with Gasteiger partial charge >= 0.3 is 5.69 Å². The summed E-state index contributed by atoms with van der Waals surface area (Å²) in [5.41, 5.74) is 0.202. The summed E-state index contributed by atoms with van der Waals surface area (Å²) in [5, 5.41) is 17.2. The number of nitrogens with zero attached hydrogens (tertiary/aromatic N) is 2. The van der Waals surface area contributed by atoms with E-state index in [1.54, 1.807) is 13.1 Å². The van der Waals surface area contributed by atoms with E-state index in [-0.39, 0.29) is 22.6 Å². The lowest BCUT2D eigenvalue weighted by Gasteiger charge is -2.09. The first-order valence-corrected chi connectivity index (χ1v) is 6.31. The molecule has 0 saturated heterocycles. The lowest BCUT2D eigenvalue weighted by molar-refractivity contribution is -0.384. The molecular weight excluding hydrogens is 244 g/mol. The summed E-state index contributed by atoms with van der Waals surface area (Å²) in [7, 11) is 1.74. The van der Waals surface area contributed by atoms with Crippen molar-refractivity contribution in [3.8, 4) is 0 Å². The van der Waals surface area contributed by atoms with Crippen molar-refractivity contribution in [2.24, 2.45) is 10.8 Å². The molecule has 6 nitrogen and oxygen atoms in total. The second-order valence-electron chi connectivity index (χ2n) is 6.09. The molecule has 1 aromatic heterocycles. The normalized spacial score (nSPS) is 19.8. The van der Waals surface area contributed by atoms with Crippen molar-refractivity contribution >= 4 is 17.3 Å². The van der Waals surface area contributed by atoms with E-state index in [1.807, 2.05) is 0 Å². The van der Waals surface area contributed by atoms with E-state index in [0.29, 0.717) is 11.6 Å². The van der Waals surface area contributed by atoms with Gasteiger partial charge in [-0.25, -0.2) is 4.98 Å². The highest BCUT2D eigenvalue weighted by Crippen LogP contribution is 2.63. The van der Waals surface area contributed by atoms with Gasteiger partial charge in [-0.2, -0.15) is 0 Å². The van der Waals surface area contributed by atoms with Crippen molar-refractivity contribution in [3.05, 3.63) is 22.2 Å². The first kappa shape index (κ1) is 13.6. The van der Waals surface area contributed by atoms with Gasteiger partial charge in [-0.1, -0.05) is 27.7 Å². The van der Waals surface area contributed by atoms with Crippen LogP contribution in [0.3, 0.4) is 0 Å². The van der Waals surface area contributed by atoms with Crippen LogP contribution < -0.4 is 10.6 Å². The van der Waals surface area contributed by atoms with Crippen molar-refractivity contribution in [1.29, 1.82) is 0 Å². The summed E-state index contributed by atoms with van der Waals surface area (Å²) in [6.45, 7) is 8.60. The Hall–Kier alpha value is -1.85. The fourth-order valence-electron chi connectivity index (χ4n) is 2.54. The fourth-order valence-corrected chi connectivity index (χ4v) is 2.54. The van der Waals surface area contributed by atoms with Crippen LogP contribution >= 0.6 is 0 Å². The smallest absolute Gasteiger partial charge is 0.311 e. The minimum atomic E-state index is -0.406. The molecule has 0 amide bonds. The van der Waals surface area contributed by atoms with Gasteiger partial charge in [0, 0.05) is 19.2 Å². The molecule has 1 aromatic rings. The van der Waals surface area contributed by atoms with Crippen LogP contribution in [0.25, 0.3) is 0 Å². The third-order valence-electron chi connectivity index (χ3n) is 4.63. The van der Waals surface area contributed by atoms with Gasteiger partial charge in [0.15, 0.2) is 0 Å². The highest BCUT2D eigenvalue weighted by atomic mass is 16.6. The second kappa shape index (κ2) is 4.08. The van der Waals surface area contributed by atoms with Gasteiger partial charge in [0.2, 0.25) is 5.82 Å². The molecule has 1 fully saturated rings. The largest absolute Gasteiger partial charge is 0.373 e. The summed E-state index contributed by atoms with van der Waals surface area (Å²) >= 11 is 0. The first-order valence-electron chi connectivity index (χ1n) is 6.31. The van der Waals surface area contributed by atoms with E-state index in [4.69, 9.17) is 0 Å². The van der Waals surface area contributed by atoms with Crippen molar-refractivity contribution in [1.82, 2.24) is 4.98 Å². The Kier molecular flexibility index (Phi) is 2.91. The lowest BCUT2D eigenvalue weighted by atomic mass is 10.0. The van der Waals surface area contributed by atoms with Crippen molar-refractivity contribution in [3.63, 3.8) is 0 Å². The van der Waals surface area contributed by atoms with Crippen LogP contribution in [-0.2, 0) is 0 Å². The Balaban J connectivity index is 2.32. The Morgan fingerprint density at radius 3 is 2.26 bits per heavy atom. The summed E-state index contributed by atoms with van der Waals surface area (Å²) in [4.78, 5) is 14.9. The molecule has 0 spiro atoms. The Morgan fingerprint density at radius 2 is 1.84 bits per heavy atom. The number of nitro groups is 1. The number of rotatable bonds is 4. The standard InChI is InChI=1S/C13H20N4O2/c1-12(2)11(13(12,3)4)16-10-8(17(18)19)6-7-9(14-5)15-10/h6-7,11H,1-5H3,(H2,14,15,16). The third-order valence-corrected chi connectivity index (χ3v) is 4.63. The number of hydrogen-bond donors (Lipinski definition) is 2. The van der Waals surface area contributed by atoms with Crippen LogP contribution in [0.5, 0.6) is 0 Å². The van der Waals surface area contributed by atoms with Crippen LogP contribution in [0, 0.1) is 20.9 Å². The minimum Gasteiger partial charge on any atom is -0.373 e. The van der Waals surface area contributed by atoms with Crippen LogP contribution in [-0.4, -0.2) is 23.0 Å². The molecule has 0 aromatic carbocycles. The molecule has 2 N–H and O–H groups in total. The van der Waals surface area contributed by atoms with Crippen molar-refractivity contribution in [2.45, 2.75) is 33.7 Å². The molecule has 104 valence electrons. The Morgan fingerprint density at radius 1 is 1.26 bits per heavy atom.